The van der Waals surface area contributed by atoms with E-state index in [4.69, 9.17) is 5.26 Å². The zero-order chi connectivity index (χ0) is 8.97. The lowest BCUT2D eigenvalue weighted by Gasteiger charge is -1.98. The Bertz CT molecular complexity index is 317. The molecule has 0 saturated carbocycles. The van der Waals surface area contributed by atoms with Crippen molar-refractivity contribution in [2.75, 3.05) is 14.1 Å². The highest BCUT2D eigenvalue weighted by atomic mass is 15.5. The molecule has 62 valence electrons. The molecule has 1 aromatic rings. The van der Waals surface area contributed by atoms with E-state index in [0.717, 1.165) is 0 Å². The third-order valence-corrected chi connectivity index (χ3v) is 1.06. The van der Waals surface area contributed by atoms with Crippen LogP contribution in [0.25, 0.3) is 0 Å². The predicted octanol–water partition coefficient (Wildman–Crippen LogP) is 0.842. The van der Waals surface area contributed by atoms with Crippen molar-refractivity contribution < 1.29 is 0 Å². The Morgan fingerprint density at radius 3 is 3.00 bits per heavy atom. The molecule has 1 rings (SSSR count). The monoisotopic (exact) mass is 164 g/mol. The van der Waals surface area contributed by atoms with E-state index in [0.29, 0.717) is 11.4 Å². The second-order valence-electron chi connectivity index (χ2n) is 2.28. The Morgan fingerprint density at radius 2 is 2.42 bits per heavy atom. The highest BCUT2D eigenvalue weighted by Crippen LogP contribution is 2.13. The molecule has 0 saturated heterocycles. The van der Waals surface area contributed by atoms with E-state index in [9.17, 15) is 0 Å². The maximum Gasteiger partial charge on any atom is 0.190 e. The fourth-order valence-electron chi connectivity index (χ4n) is 0.572. The quantitative estimate of drug-likeness (QED) is 0.519. The first-order valence-corrected chi connectivity index (χ1v) is 3.26. The van der Waals surface area contributed by atoms with Crippen LogP contribution in [0, 0.1) is 11.3 Å². The van der Waals surface area contributed by atoms with Gasteiger partial charge in [0, 0.05) is 14.1 Å². The molecule has 0 unspecified atom stereocenters. The molecular formula is C6H8N6. The Kier molecular flexibility index (Phi) is 2.38. The molecular weight excluding hydrogens is 156 g/mol. The van der Waals surface area contributed by atoms with Crippen molar-refractivity contribution in [3.63, 3.8) is 0 Å². The number of hydrogen-bond acceptors (Lipinski definition) is 4. The molecule has 0 spiro atoms. The van der Waals surface area contributed by atoms with Gasteiger partial charge < -0.3 is 0 Å². The van der Waals surface area contributed by atoms with Crippen molar-refractivity contribution in [2.45, 2.75) is 0 Å². The summed E-state index contributed by atoms with van der Waals surface area (Å²) in [6.45, 7) is 0. The number of aromatic nitrogens is 2. The highest BCUT2D eigenvalue weighted by Gasteiger charge is 2.01. The average molecular weight is 164 g/mol. The standard InChI is InChI=1S/C6H8N6/c1-12(2)11-10-6-5(3-7)4-8-9-6/h4H,1-2H3,(H,8,9)/b11-10+. The summed E-state index contributed by atoms with van der Waals surface area (Å²) in [6, 6.07) is 1.93. The van der Waals surface area contributed by atoms with Gasteiger partial charge in [-0.3, -0.25) is 10.1 Å². The molecule has 0 aliphatic carbocycles. The summed E-state index contributed by atoms with van der Waals surface area (Å²) in [5.41, 5.74) is 0.389. The normalized spacial score (nSPS) is 10.1. The fraction of sp³-hybridized carbons (Fsp3) is 0.333. The summed E-state index contributed by atoms with van der Waals surface area (Å²) < 4.78 is 0. The molecule has 0 atom stereocenters. The van der Waals surface area contributed by atoms with Crippen molar-refractivity contribution in [2.24, 2.45) is 10.3 Å². The van der Waals surface area contributed by atoms with E-state index in [-0.39, 0.29) is 0 Å². The SMILES string of the molecule is CN(C)/N=N/c1[nH]ncc1C#N. The van der Waals surface area contributed by atoms with E-state index < -0.39 is 0 Å². The van der Waals surface area contributed by atoms with Crippen molar-refractivity contribution >= 4 is 5.82 Å². The van der Waals surface area contributed by atoms with Crippen LogP contribution in [0.2, 0.25) is 0 Å². The van der Waals surface area contributed by atoms with E-state index in [1.165, 1.54) is 11.2 Å². The van der Waals surface area contributed by atoms with Crippen LogP contribution < -0.4 is 0 Å². The minimum absolute atomic E-state index is 0.381. The van der Waals surface area contributed by atoms with Gasteiger partial charge in [0.05, 0.1) is 6.20 Å². The van der Waals surface area contributed by atoms with Crippen LogP contribution in [-0.2, 0) is 0 Å². The van der Waals surface area contributed by atoms with Gasteiger partial charge in [0.1, 0.15) is 11.6 Å². The maximum absolute atomic E-state index is 8.55. The lowest BCUT2D eigenvalue weighted by Crippen LogP contribution is -1.98. The summed E-state index contributed by atoms with van der Waals surface area (Å²) in [6.07, 6.45) is 1.41. The first kappa shape index (κ1) is 8.20. The van der Waals surface area contributed by atoms with Crippen molar-refractivity contribution in [3.05, 3.63) is 11.8 Å². The van der Waals surface area contributed by atoms with Crippen molar-refractivity contribution in [3.8, 4) is 6.07 Å². The Labute approximate surface area is 69.5 Å². The minimum atomic E-state index is 0.381. The third kappa shape index (κ3) is 1.79. The number of hydrogen-bond donors (Lipinski definition) is 1. The van der Waals surface area contributed by atoms with Gasteiger partial charge in [-0.15, -0.1) is 5.11 Å². The molecule has 0 aliphatic rings. The molecule has 0 bridgehead atoms. The van der Waals surface area contributed by atoms with Crippen LogP contribution in [0.5, 0.6) is 0 Å². The maximum atomic E-state index is 8.55. The summed E-state index contributed by atoms with van der Waals surface area (Å²) in [4.78, 5) is 0. The molecule has 1 heterocycles. The highest BCUT2D eigenvalue weighted by molar-refractivity contribution is 5.44. The summed E-state index contributed by atoms with van der Waals surface area (Å²) in [7, 11) is 3.48. The van der Waals surface area contributed by atoms with Crippen molar-refractivity contribution in [1.29, 1.82) is 5.26 Å². The van der Waals surface area contributed by atoms with Crippen LogP contribution in [0.15, 0.2) is 16.5 Å². The van der Waals surface area contributed by atoms with E-state index in [2.05, 4.69) is 20.5 Å². The van der Waals surface area contributed by atoms with Crippen LogP contribution in [0.1, 0.15) is 5.56 Å². The molecule has 0 amide bonds. The number of nitrogens with one attached hydrogen (secondary N) is 1. The predicted molar refractivity (Wildman–Crippen MR) is 41.5 cm³/mol. The first-order chi connectivity index (χ1) is 5.74. The number of rotatable bonds is 2. The van der Waals surface area contributed by atoms with Crippen LogP contribution >= 0.6 is 0 Å². The lowest BCUT2D eigenvalue weighted by molar-refractivity contribution is 0.407. The Hall–Kier alpha value is -1.90. The zero-order valence-electron chi connectivity index (χ0n) is 6.81. The third-order valence-electron chi connectivity index (χ3n) is 1.06. The van der Waals surface area contributed by atoms with Gasteiger partial charge >= 0.3 is 0 Å². The minimum Gasteiger partial charge on any atom is -0.285 e. The Balaban J connectivity index is 2.83. The fourth-order valence-corrected chi connectivity index (χ4v) is 0.572. The molecule has 0 aliphatic heterocycles. The summed E-state index contributed by atoms with van der Waals surface area (Å²) >= 11 is 0. The number of H-pyrrole nitrogens is 1. The first-order valence-electron chi connectivity index (χ1n) is 3.26. The number of aromatic amines is 1. The van der Waals surface area contributed by atoms with Gasteiger partial charge in [0.2, 0.25) is 0 Å². The summed E-state index contributed by atoms with van der Waals surface area (Å²) in [5.74, 6) is 0.381. The van der Waals surface area contributed by atoms with Gasteiger partial charge in [0.25, 0.3) is 0 Å². The molecule has 6 heteroatoms. The Morgan fingerprint density at radius 1 is 1.67 bits per heavy atom. The van der Waals surface area contributed by atoms with Gasteiger partial charge in [-0.2, -0.15) is 10.4 Å². The zero-order valence-corrected chi connectivity index (χ0v) is 6.81. The number of nitrogens with zero attached hydrogens (tertiary/aromatic N) is 5. The molecule has 0 fully saturated rings. The average Bonchev–Trinajstić information content (AvgIpc) is 2.47. The largest absolute Gasteiger partial charge is 0.285 e. The molecule has 1 aromatic heterocycles. The van der Waals surface area contributed by atoms with Crippen LogP contribution in [0.4, 0.5) is 5.82 Å². The molecule has 12 heavy (non-hydrogen) atoms. The lowest BCUT2D eigenvalue weighted by atomic mass is 10.4. The van der Waals surface area contributed by atoms with Crippen LogP contribution in [0.3, 0.4) is 0 Å². The van der Waals surface area contributed by atoms with Crippen LogP contribution in [-0.4, -0.2) is 29.3 Å². The second kappa shape index (κ2) is 3.48. The van der Waals surface area contributed by atoms with E-state index in [1.54, 1.807) is 14.1 Å². The van der Waals surface area contributed by atoms with Gasteiger partial charge in [-0.25, -0.2) is 0 Å². The molecule has 1 N–H and O–H groups in total. The van der Waals surface area contributed by atoms with E-state index >= 15 is 0 Å². The molecule has 0 radical (unpaired) electrons. The van der Waals surface area contributed by atoms with E-state index in [1.807, 2.05) is 6.07 Å². The second-order valence-corrected chi connectivity index (χ2v) is 2.28. The molecule has 0 aromatic carbocycles. The van der Waals surface area contributed by atoms with Gasteiger partial charge in [0.15, 0.2) is 5.82 Å². The van der Waals surface area contributed by atoms with Gasteiger partial charge in [-0.1, -0.05) is 5.22 Å². The van der Waals surface area contributed by atoms with Gasteiger partial charge in [-0.05, 0) is 0 Å². The smallest absolute Gasteiger partial charge is 0.190 e. The number of nitriles is 1. The summed E-state index contributed by atoms with van der Waals surface area (Å²) in [5, 5.41) is 23.7. The molecule has 6 nitrogen and oxygen atoms in total. The topological polar surface area (TPSA) is 80.4 Å². The van der Waals surface area contributed by atoms with Crippen molar-refractivity contribution in [1.82, 2.24) is 15.2 Å².